The molecule has 2 aromatic carbocycles. The summed E-state index contributed by atoms with van der Waals surface area (Å²) in [5, 5.41) is 9.18. The molecule has 8 heteroatoms. The highest BCUT2D eigenvalue weighted by molar-refractivity contribution is 8.19. The number of hydrogen-bond donors (Lipinski definition) is 1. The molecule has 144 valence electrons. The predicted octanol–water partition coefficient (Wildman–Crippen LogP) is 3.95. The number of carboxylic acids is 1. The molecule has 0 aliphatic carbocycles. The third-order valence-electron chi connectivity index (χ3n) is 4.23. The SMILES string of the molecule is COc1ccc(/C=C2/SC(=O)N(c3ccccc3C)C2=O)c(C(=O)O)c1OC. The number of nitrogens with zero attached hydrogens (tertiary/aromatic N) is 1. The largest absolute Gasteiger partial charge is 0.493 e. The molecule has 2 amide bonds. The van der Waals surface area contributed by atoms with Crippen molar-refractivity contribution in [2.45, 2.75) is 6.92 Å². The maximum Gasteiger partial charge on any atom is 0.340 e. The Labute approximate surface area is 165 Å². The molecule has 1 N–H and O–H groups in total. The van der Waals surface area contributed by atoms with Crippen LogP contribution in [0.15, 0.2) is 41.3 Å². The van der Waals surface area contributed by atoms with E-state index in [2.05, 4.69) is 0 Å². The Kier molecular flexibility index (Phi) is 5.41. The summed E-state index contributed by atoms with van der Waals surface area (Å²) in [6, 6.07) is 10.1. The van der Waals surface area contributed by atoms with Crippen LogP contribution < -0.4 is 14.4 Å². The fourth-order valence-corrected chi connectivity index (χ4v) is 3.74. The van der Waals surface area contributed by atoms with Crippen LogP contribution in [0.5, 0.6) is 11.5 Å². The number of carboxylic acid groups (broad SMARTS) is 1. The third kappa shape index (κ3) is 3.34. The number of hydrogen-bond acceptors (Lipinski definition) is 6. The van der Waals surface area contributed by atoms with Gasteiger partial charge < -0.3 is 14.6 Å². The van der Waals surface area contributed by atoms with E-state index in [9.17, 15) is 19.5 Å². The summed E-state index contributed by atoms with van der Waals surface area (Å²) < 4.78 is 10.3. The first-order chi connectivity index (χ1) is 13.4. The lowest BCUT2D eigenvalue weighted by atomic mass is 10.0. The van der Waals surface area contributed by atoms with Crippen molar-refractivity contribution in [3.05, 3.63) is 58.0 Å². The summed E-state index contributed by atoms with van der Waals surface area (Å²) in [5.74, 6) is -1.44. The van der Waals surface area contributed by atoms with Crippen LogP contribution in [-0.2, 0) is 4.79 Å². The molecule has 1 fully saturated rings. The minimum atomic E-state index is -1.24. The standard InChI is InChI=1S/C20H17NO6S/c1-11-6-4-5-7-13(11)21-18(22)15(28-20(21)25)10-12-8-9-14(26-2)17(27-3)16(12)19(23)24/h4-10H,1-3H3,(H,23,24)/b15-10+. The van der Waals surface area contributed by atoms with Gasteiger partial charge in [0.05, 0.1) is 24.8 Å². The van der Waals surface area contributed by atoms with E-state index >= 15 is 0 Å². The Balaban J connectivity index is 2.08. The van der Waals surface area contributed by atoms with Crippen LogP contribution >= 0.6 is 11.8 Å². The highest BCUT2D eigenvalue weighted by Crippen LogP contribution is 2.39. The number of para-hydroxylation sites is 1. The molecular weight excluding hydrogens is 382 g/mol. The van der Waals surface area contributed by atoms with Crippen molar-refractivity contribution in [3.63, 3.8) is 0 Å². The average molecular weight is 399 g/mol. The van der Waals surface area contributed by atoms with Crippen molar-refractivity contribution in [1.29, 1.82) is 0 Å². The number of aromatic carboxylic acids is 1. The quantitative estimate of drug-likeness (QED) is 0.761. The molecule has 0 atom stereocenters. The molecule has 28 heavy (non-hydrogen) atoms. The molecule has 2 aromatic rings. The minimum Gasteiger partial charge on any atom is -0.493 e. The van der Waals surface area contributed by atoms with Gasteiger partial charge in [0.2, 0.25) is 0 Å². The molecule has 0 radical (unpaired) electrons. The molecule has 1 heterocycles. The van der Waals surface area contributed by atoms with E-state index in [1.807, 2.05) is 6.07 Å². The van der Waals surface area contributed by atoms with Crippen molar-refractivity contribution in [1.82, 2.24) is 0 Å². The number of imide groups is 1. The van der Waals surface area contributed by atoms with Crippen molar-refractivity contribution in [3.8, 4) is 11.5 Å². The molecule has 1 aliphatic rings. The lowest BCUT2D eigenvalue weighted by Gasteiger charge is -2.15. The van der Waals surface area contributed by atoms with E-state index < -0.39 is 17.1 Å². The van der Waals surface area contributed by atoms with Crippen molar-refractivity contribution in [2.75, 3.05) is 19.1 Å². The van der Waals surface area contributed by atoms with Crippen LogP contribution in [0.4, 0.5) is 10.5 Å². The Morgan fingerprint density at radius 3 is 2.43 bits per heavy atom. The van der Waals surface area contributed by atoms with E-state index in [0.717, 1.165) is 22.2 Å². The first-order valence-corrected chi connectivity index (χ1v) is 9.02. The number of anilines is 1. The fourth-order valence-electron chi connectivity index (χ4n) is 2.91. The maximum absolute atomic E-state index is 12.8. The predicted molar refractivity (Wildman–Crippen MR) is 106 cm³/mol. The Hall–Kier alpha value is -3.26. The summed E-state index contributed by atoms with van der Waals surface area (Å²) in [6.07, 6.45) is 1.38. The van der Waals surface area contributed by atoms with E-state index in [-0.39, 0.29) is 27.5 Å². The first-order valence-electron chi connectivity index (χ1n) is 8.21. The number of carbonyl (C=O) groups excluding carboxylic acids is 2. The summed E-state index contributed by atoms with van der Waals surface area (Å²) in [5.41, 5.74) is 1.37. The normalized spacial score (nSPS) is 15.2. The number of rotatable bonds is 5. The number of amides is 2. The first kappa shape index (κ1) is 19.5. The topological polar surface area (TPSA) is 93.1 Å². The number of benzene rings is 2. The average Bonchev–Trinajstić information content (AvgIpc) is 2.94. The summed E-state index contributed by atoms with van der Waals surface area (Å²) in [4.78, 5) is 38.3. The van der Waals surface area contributed by atoms with Crippen LogP contribution in [0.1, 0.15) is 21.5 Å². The highest BCUT2D eigenvalue weighted by Gasteiger charge is 2.37. The van der Waals surface area contributed by atoms with Gasteiger partial charge in [-0.15, -0.1) is 0 Å². The summed E-state index contributed by atoms with van der Waals surface area (Å²) in [7, 11) is 2.73. The second kappa shape index (κ2) is 7.77. The number of ether oxygens (including phenoxy) is 2. The molecule has 0 spiro atoms. The van der Waals surface area contributed by atoms with Gasteiger partial charge in [-0.1, -0.05) is 24.3 Å². The number of aryl methyl sites for hydroxylation is 1. The Morgan fingerprint density at radius 1 is 1.11 bits per heavy atom. The van der Waals surface area contributed by atoms with E-state index in [1.165, 1.54) is 26.4 Å². The summed E-state index contributed by atoms with van der Waals surface area (Å²) >= 11 is 0.758. The van der Waals surface area contributed by atoms with Gasteiger partial charge in [-0.25, -0.2) is 9.69 Å². The monoisotopic (exact) mass is 399 g/mol. The molecule has 0 aromatic heterocycles. The van der Waals surface area contributed by atoms with E-state index in [0.29, 0.717) is 5.69 Å². The van der Waals surface area contributed by atoms with Crippen molar-refractivity contribution < 1.29 is 29.0 Å². The van der Waals surface area contributed by atoms with Gasteiger partial charge in [0.25, 0.3) is 11.1 Å². The molecule has 7 nitrogen and oxygen atoms in total. The van der Waals surface area contributed by atoms with Crippen LogP contribution in [0.3, 0.4) is 0 Å². The number of carbonyl (C=O) groups is 3. The van der Waals surface area contributed by atoms with Gasteiger partial charge in [-0.2, -0.15) is 0 Å². The van der Waals surface area contributed by atoms with Gasteiger partial charge in [-0.05, 0) is 48.0 Å². The van der Waals surface area contributed by atoms with E-state index in [1.54, 1.807) is 31.2 Å². The highest BCUT2D eigenvalue weighted by atomic mass is 32.2. The minimum absolute atomic E-state index is 0.0434. The van der Waals surface area contributed by atoms with Gasteiger partial charge in [0.15, 0.2) is 11.5 Å². The molecule has 0 bridgehead atoms. The second-order valence-corrected chi connectivity index (χ2v) is 6.87. The lowest BCUT2D eigenvalue weighted by molar-refractivity contribution is -0.113. The second-order valence-electron chi connectivity index (χ2n) is 5.87. The van der Waals surface area contributed by atoms with Gasteiger partial charge in [0, 0.05) is 0 Å². The van der Waals surface area contributed by atoms with Gasteiger partial charge in [0.1, 0.15) is 5.56 Å². The van der Waals surface area contributed by atoms with Crippen LogP contribution in [0, 0.1) is 6.92 Å². The van der Waals surface area contributed by atoms with Crippen LogP contribution in [0.2, 0.25) is 0 Å². The third-order valence-corrected chi connectivity index (χ3v) is 5.10. The number of thioether (sulfide) groups is 1. The van der Waals surface area contributed by atoms with Crippen LogP contribution in [-0.4, -0.2) is 36.4 Å². The van der Waals surface area contributed by atoms with E-state index in [4.69, 9.17) is 9.47 Å². The maximum atomic E-state index is 12.8. The van der Waals surface area contributed by atoms with Crippen molar-refractivity contribution in [2.24, 2.45) is 0 Å². The molecule has 1 saturated heterocycles. The van der Waals surface area contributed by atoms with Crippen LogP contribution in [0.25, 0.3) is 6.08 Å². The zero-order valence-electron chi connectivity index (χ0n) is 15.4. The smallest absolute Gasteiger partial charge is 0.340 e. The molecule has 0 saturated carbocycles. The Bertz CT molecular complexity index is 1010. The lowest BCUT2D eigenvalue weighted by Crippen LogP contribution is -2.28. The molecule has 0 unspecified atom stereocenters. The molecule has 3 rings (SSSR count). The number of methoxy groups -OCH3 is 2. The Morgan fingerprint density at radius 2 is 1.82 bits per heavy atom. The molecular formula is C20H17NO6S. The molecule has 1 aliphatic heterocycles. The van der Waals surface area contributed by atoms with Gasteiger partial charge >= 0.3 is 5.97 Å². The zero-order valence-corrected chi connectivity index (χ0v) is 16.2. The van der Waals surface area contributed by atoms with Gasteiger partial charge in [-0.3, -0.25) is 9.59 Å². The zero-order chi connectivity index (χ0) is 20.4. The summed E-state index contributed by atoms with van der Waals surface area (Å²) in [6.45, 7) is 1.80. The van der Waals surface area contributed by atoms with Crippen molar-refractivity contribution >= 4 is 40.6 Å². The fraction of sp³-hybridized carbons (Fsp3) is 0.150.